The van der Waals surface area contributed by atoms with Crippen LogP contribution in [0.2, 0.25) is 0 Å². The van der Waals surface area contributed by atoms with E-state index in [0.29, 0.717) is 38.6 Å². The molecule has 3 N–H and O–H groups in total. The van der Waals surface area contributed by atoms with Crippen molar-refractivity contribution in [2.24, 2.45) is 0 Å². The topological polar surface area (TPSA) is 79.5 Å². The van der Waals surface area contributed by atoms with Gasteiger partial charge in [-0.05, 0) is 19.3 Å². The number of morpholine rings is 1. The third-order valence-electron chi connectivity index (χ3n) is 3.04. The van der Waals surface area contributed by atoms with E-state index in [9.17, 15) is 9.59 Å². The van der Waals surface area contributed by atoms with Crippen LogP contribution >= 0.6 is 0 Å². The molecule has 1 atom stereocenters. The van der Waals surface area contributed by atoms with Gasteiger partial charge in [0.05, 0.1) is 6.61 Å². The molecule has 1 aliphatic carbocycles. The molecule has 2 aliphatic rings. The SMILES string of the molecule is O=C(CCCNC(=O)C1CNCCO1)NC1CC1. The van der Waals surface area contributed by atoms with Gasteiger partial charge in [-0.15, -0.1) is 0 Å². The Labute approximate surface area is 107 Å². The van der Waals surface area contributed by atoms with Gasteiger partial charge in [-0.25, -0.2) is 0 Å². The first-order chi connectivity index (χ1) is 8.75. The average molecular weight is 255 g/mol. The smallest absolute Gasteiger partial charge is 0.250 e. The molecule has 102 valence electrons. The number of nitrogens with one attached hydrogen (secondary N) is 3. The highest BCUT2D eigenvalue weighted by molar-refractivity contribution is 5.81. The molecular formula is C12H21N3O3. The summed E-state index contributed by atoms with van der Waals surface area (Å²) >= 11 is 0. The van der Waals surface area contributed by atoms with Gasteiger partial charge in [-0.2, -0.15) is 0 Å². The molecule has 0 aromatic carbocycles. The second-order valence-corrected chi connectivity index (χ2v) is 4.80. The zero-order valence-corrected chi connectivity index (χ0v) is 10.5. The van der Waals surface area contributed by atoms with E-state index in [-0.39, 0.29) is 17.9 Å². The molecule has 0 spiro atoms. The first-order valence-electron chi connectivity index (χ1n) is 6.65. The fourth-order valence-corrected chi connectivity index (χ4v) is 1.84. The molecule has 1 heterocycles. The van der Waals surface area contributed by atoms with Crippen molar-refractivity contribution in [3.05, 3.63) is 0 Å². The van der Waals surface area contributed by atoms with E-state index in [2.05, 4.69) is 16.0 Å². The maximum absolute atomic E-state index is 11.7. The van der Waals surface area contributed by atoms with Crippen LogP contribution in [0.15, 0.2) is 0 Å². The van der Waals surface area contributed by atoms with Crippen LogP contribution in [0.3, 0.4) is 0 Å². The number of amides is 2. The standard InChI is InChI=1S/C12H21N3O3/c16-11(15-9-3-4-9)2-1-5-14-12(17)10-8-13-6-7-18-10/h9-10,13H,1-8H2,(H,14,17)(H,15,16). The molecule has 0 bridgehead atoms. The van der Waals surface area contributed by atoms with E-state index in [0.717, 1.165) is 19.4 Å². The summed E-state index contributed by atoms with van der Waals surface area (Å²) in [7, 11) is 0. The lowest BCUT2D eigenvalue weighted by Gasteiger charge is -2.22. The molecule has 2 fully saturated rings. The summed E-state index contributed by atoms with van der Waals surface area (Å²) in [5, 5.41) is 8.81. The van der Waals surface area contributed by atoms with Crippen molar-refractivity contribution in [1.82, 2.24) is 16.0 Å². The van der Waals surface area contributed by atoms with Crippen molar-refractivity contribution >= 4 is 11.8 Å². The van der Waals surface area contributed by atoms with Gasteiger partial charge in [0.2, 0.25) is 11.8 Å². The third-order valence-corrected chi connectivity index (χ3v) is 3.04. The highest BCUT2D eigenvalue weighted by Crippen LogP contribution is 2.18. The Morgan fingerprint density at radius 3 is 2.83 bits per heavy atom. The van der Waals surface area contributed by atoms with Gasteiger partial charge in [0.1, 0.15) is 6.10 Å². The molecule has 18 heavy (non-hydrogen) atoms. The largest absolute Gasteiger partial charge is 0.366 e. The summed E-state index contributed by atoms with van der Waals surface area (Å²) < 4.78 is 5.32. The zero-order valence-electron chi connectivity index (χ0n) is 10.5. The van der Waals surface area contributed by atoms with Crippen molar-refractivity contribution in [2.45, 2.75) is 37.8 Å². The lowest BCUT2D eigenvalue weighted by molar-refractivity contribution is -0.134. The molecule has 0 aromatic heterocycles. The Morgan fingerprint density at radius 1 is 1.33 bits per heavy atom. The Hall–Kier alpha value is -1.14. The van der Waals surface area contributed by atoms with Crippen LogP contribution in [0.5, 0.6) is 0 Å². The van der Waals surface area contributed by atoms with E-state index < -0.39 is 0 Å². The first-order valence-corrected chi connectivity index (χ1v) is 6.65. The Bertz CT molecular complexity index is 299. The second kappa shape index (κ2) is 6.70. The highest BCUT2D eigenvalue weighted by Gasteiger charge is 2.23. The molecule has 1 saturated heterocycles. The predicted octanol–water partition coefficient (Wildman–Crippen LogP) is -0.850. The van der Waals surface area contributed by atoms with Crippen molar-refractivity contribution in [3.63, 3.8) is 0 Å². The number of hydrogen-bond donors (Lipinski definition) is 3. The van der Waals surface area contributed by atoms with Gasteiger partial charge in [0.25, 0.3) is 0 Å². The summed E-state index contributed by atoms with van der Waals surface area (Å²) in [6.07, 6.45) is 2.97. The van der Waals surface area contributed by atoms with E-state index in [1.165, 1.54) is 0 Å². The van der Waals surface area contributed by atoms with Crippen LogP contribution in [-0.4, -0.2) is 50.2 Å². The lowest BCUT2D eigenvalue weighted by Crippen LogP contribution is -2.48. The first kappa shape index (κ1) is 13.3. The van der Waals surface area contributed by atoms with Crippen LogP contribution in [-0.2, 0) is 14.3 Å². The predicted molar refractivity (Wildman–Crippen MR) is 66.0 cm³/mol. The van der Waals surface area contributed by atoms with Gasteiger partial charge in [0, 0.05) is 32.1 Å². The second-order valence-electron chi connectivity index (χ2n) is 4.80. The molecular weight excluding hydrogens is 234 g/mol. The summed E-state index contributed by atoms with van der Waals surface area (Å²) in [4.78, 5) is 23.0. The van der Waals surface area contributed by atoms with Crippen LogP contribution in [0.25, 0.3) is 0 Å². The number of rotatable bonds is 6. The number of hydrogen-bond acceptors (Lipinski definition) is 4. The Balaban J connectivity index is 1.51. The van der Waals surface area contributed by atoms with Crippen LogP contribution in [0, 0.1) is 0 Å². The van der Waals surface area contributed by atoms with E-state index in [1.807, 2.05) is 0 Å². The number of carbonyl (C=O) groups excluding carboxylic acids is 2. The highest BCUT2D eigenvalue weighted by atomic mass is 16.5. The van der Waals surface area contributed by atoms with Crippen LogP contribution in [0.4, 0.5) is 0 Å². The summed E-state index contributed by atoms with van der Waals surface area (Å²) in [6.45, 7) is 2.46. The number of carbonyl (C=O) groups is 2. The summed E-state index contributed by atoms with van der Waals surface area (Å²) in [5.74, 6) is -0.00728. The Morgan fingerprint density at radius 2 is 2.17 bits per heavy atom. The quantitative estimate of drug-likeness (QED) is 0.540. The van der Waals surface area contributed by atoms with E-state index in [1.54, 1.807) is 0 Å². The summed E-state index contributed by atoms with van der Waals surface area (Å²) in [5.41, 5.74) is 0. The van der Waals surface area contributed by atoms with Crippen molar-refractivity contribution < 1.29 is 14.3 Å². The van der Waals surface area contributed by atoms with Gasteiger partial charge in [-0.3, -0.25) is 9.59 Å². The molecule has 2 amide bonds. The molecule has 1 saturated carbocycles. The van der Waals surface area contributed by atoms with E-state index in [4.69, 9.17) is 4.74 Å². The third kappa shape index (κ3) is 4.62. The molecule has 0 aromatic rings. The lowest BCUT2D eigenvalue weighted by atomic mass is 10.2. The van der Waals surface area contributed by atoms with Crippen molar-refractivity contribution in [3.8, 4) is 0 Å². The number of ether oxygens (including phenoxy) is 1. The molecule has 1 aliphatic heterocycles. The monoisotopic (exact) mass is 255 g/mol. The molecule has 0 radical (unpaired) electrons. The minimum absolute atomic E-state index is 0.0855. The zero-order chi connectivity index (χ0) is 12.8. The van der Waals surface area contributed by atoms with Gasteiger partial charge in [0.15, 0.2) is 0 Å². The maximum Gasteiger partial charge on any atom is 0.250 e. The van der Waals surface area contributed by atoms with Crippen LogP contribution in [0.1, 0.15) is 25.7 Å². The van der Waals surface area contributed by atoms with Crippen LogP contribution < -0.4 is 16.0 Å². The molecule has 6 heteroatoms. The normalized spacial score (nSPS) is 23.4. The van der Waals surface area contributed by atoms with Crippen molar-refractivity contribution in [2.75, 3.05) is 26.2 Å². The average Bonchev–Trinajstić information content (AvgIpc) is 3.19. The minimum atomic E-state index is -0.390. The summed E-state index contributed by atoms with van der Waals surface area (Å²) in [6, 6.07) is 0.411. The van der Waals surface area contributed by atoms with E-state index >= 15 is 0 Å². The fraction of sp³-hybridized carbons (Fsp3) is 0.833. The molecule has 2 rings (SSSR count). The Kier molecular flexibility index (Phi) is 4.95. The van der Waals surface area contributed by atoms with Crippen molar-refractivity contribution in [1.29, 1.82) is 0 Å². The molecule has 1 unspecified atom stereocenters. The van der Waals surface area contributed by atoms with Gasteiger partial charge < -0.3 is 20.7 Å². The minimum Gasteiger partial charge on any atom is -0.366 e. The molecule has 6 nitrogen and oxygen atoms in total. The maximum atomic E-state index is 11.7. The fourth-order valence-electron chi connectivity index (χ4n) is 1.84. The van der Waals surface area contributed by atoms with Gasteiger partial charge >= 0.3 is 0 Å². The van der Waals surface area contributed by atoms with Gasteiger partial charge in [-0.1, -0.05) is 0 Å².